The van der Waals surface area contributed by atoms with E-state index in [1.165, 1.54) is 17.5 Å². The van der Waals surface area contributed by atoms with Crippen molar-refractivity contribution in [2.24, 2.45) is 5.73 Å². The molecule has 84 valence electrons. The minimum atomic E-state index is -0.455. The molecule has 6 heteroatoms. The molecule has 1 amide bonds. The summed E-state index contributed by atoms with van der Waals surface area (Å²) >= 11 is 1.48. The molecule has 0 radical (unpaired) electrons. The number of thiazole rings is 1. The van der Waals surface area contributed by atoms with Crippen molar-refractivity contribution in [1.29, 1.82) is 0 Å². The highest BCUT2D eigenvalue weighted by molar-refractivity contribution is 7.21. The highest BCUT2D eigenvalue weighted by Crippen LogP contribution is 2.29. The maximum Gasteiger partial charge on any atom is 0.253 e. The van der Waals surface area contributed by atoms with Gasteiger partial charge in [-0.25, -0.2) is 4.52 Å². The van der Waals surface area contributed by atoms with E-state index in [1.807, 2.05) is 18.3 Å². The van der Waals surface area contributed by atoms with Crippen molar-refractivity contribution in [3.05, 3.63) is 42.5 Å². The molecule has 0 aliphatic heterocycles. The molecule has 0 aliphatic rings. The van der Waals surface area contributed by atoms with E-state index in [2.05, 4.69) is 10.1 Å². The van der Waals surface area contributed by atoms with Gasteiger partial charge in [-0.3, -0.25) is 9.78 Å². The number of rotatable bonds is 2. The number of carbonyl (C=O) groups excluding carboxylic acids is 1. The molecule has 0 saturated carbocycles. The summed E-state index contributed by atoms with van der Waals surface area (Å²) in [5.74, 6) is -0.455. The Bertz CT molecular complexity index is 686. The molecule has 3 aromatic heterocycles. The number of nitrogens with zero attached hydrogens (tertiary/aromatic N) is 3. The van der Waals surface area contributed by atoms with Crippen LogP contribution < -0.4 is 5.73 Å². The number of aromatic nitrogens is 3. The zero-order chi connectivity index (χ0) is 11.8. The molecule has 5 nitrogen and oxygen atoms in total. The average molecular weight is 244 g/mol. The summed E-state index contributed by atoms with van der Waals surface area (Å²) in [6, 6.07) is 3.82. The van der Waals surface area contributed by atoms with E-state index < -0.39 is 5.91 Å². The van der Waals surface area contributed by atoms with Crippen molar-refractivity contribution in [2.45, 2.75) is 0 Å². The van der Waals surface area contributed by atoms with Crippen molar-refractivity contribution in [3.63, 3.8) is 0 Å². The van der Waals surface area contributed by atoms with Crippen LogP contribution >= 0.6 is 11.3 Å². The largest absolute Gasteiger partial charge is 0.365 e. The van der Waals surface area contributed by atoms with Crippen LogP contribution in [0.3, 0.4) is 0 Å². The van der Waals surface area contributed by atoms with Gasteiger partial charge in [0.25, 0.3) is 5.91 Å². The third-order valence-electron chi connectivity index (χ3n) is 2.43. The van der Waals surface area contributed by atoms with Crippen LogP contribution in [0.25, 0.3) is 15.3 Å². The lowest BCUT2D eigenvalue weighted by Crippen LogP contribution is -2.09. The zero-order valence-electron chi connectivity index (χ0n) is 8.70. The van der Waals surface area contributed by atoms with Gasteiger partial charge in [-0.05, 0) is 17.7 Å². The lowest BCUT2D eigenvalue weighted by Gasteiger charge is -1.92. The second-order valence-corrected chi connectivity index (χ2v) is 4.53. The van der Waals surface area contributed by atoms with E-state index in [0.29, 0.717) is 5.56 Å². The van der Waals surface area contributed by atoms with Crippen molar-refractivity contribution in [2.75, 3.05) is 0 Å². The molecule has 3 aromatic rings. The standard InChI is InChI=1S/C11H8N4OS/c12-10(16)8-5-14-15-6-9(17-11(8)15)7-1-3-13-4-2-7/h1-6H,(H2,12,16). The Hall–Kier alpha value is -2.21. The predicted molar refractivity (Wildman–Crippen MR) is 64.8 cm³/mol. The van der Waals surface area contributed by atoms with Crippen LogP contribution in [-0.4, -0.2) is 20.5 Å². The highest BCUT2D eigenvalue weighted by Gasteiger charge is 2.13. The van der Waals surface area contributed by atoms with E-state index in [0.717, 1.165) is 15.3 Å². The van der Waals surface area contributed by atoms with Crippen LogP contribution in [0.4, 0.5) is 0 Å². The van der Waals surface area contributed by atoms with E-state index in [4.69, 9.17) is 5.73 Å². The van der Waals surface area contributed by atoms with Gasteiger partial charge in [0, 0.05) is 18.6 Å². The number of primary amides is 1. The minimum Gasteiger partial charge on any atom is -0.365 e. The maximum atomic E-state index is 11.2. The van der Waals surface area contributed by atoms with Crippen molar-refractivity contribution in [3.8, 4) is 10.4 Å². The van der Waals surface area contributed by atoms with Crippen LogP contribution in [0.1, 0.15) is 10.4 Å². The summed E-state index contributed by atoms with van der Waals surface area (Å²) < 4.78 is 1.67. The first-order chi connectivity index (χ1) is 8.25. The number of hydrogen-bond acceptors (Lipinski definition) is 4. The number of amides is 1. The van der Waals surface area contributed by atoms with Crippen LogP contribution in [0.2, 0.25) is 0 Å². The molecule has 3 heterocycles. The number of hydrogen-bond donors (Lipinski definition) is 1. The van der Waals surface area contributed by atoms with Gasteiger partial charge in [-0.2, -0.15) is 5.10 Å². The minimum absolute atomic E-state index is 0.454. The molecule has 0 bridgehead atoms. The second kappa shape index (κ2) is 3.67. The van der Waals surface area contributed by atoms with Gasteiger partial charge in [0.15, 0.2) is 0 Å². The van der Waals surface area contributed by atoms with Crippen LogP contribution in [0.5, 0.6) is 0 Å². The summed E-state index contributed by atoms with van der Waals surface area (Å²) in [4.78, 5) is 16.9. The molecule has 0 aliphatic carbocycles. The topological polar surface area (TPSA) is 73.3 Å². The second-order valence-electron chi connectivity index (χ2n) is 3.50. The first-order valence-corrected chi connectivity index (χ1v) is 5.75. The smallest absolute Gasteiger partial charge is 0.253 e. The molecule has 0 atom stereocenters. The SMILES string of the molecule is NC(=O)c1cnn2cc(-c3ccncc3)sc12. The molecule has 0 aromatic carbocycles. The fraction of sp³-hybridized carbons (Fsp3) is 0. The summed E-state index contributed by atoms with van der Waals surface area (Å²) in [6.07, 6.45) is 6.83. The van der Waals surface area contributed by atoms with E-state index in [9.17, 15) is 4.79 Å². The molecule has 0 spiro atoms. The van der Waals surface area contributed by atoms with Crippen molar-refractivity contribution < 1.29 is 4.79 Å². The molecular weight excluding hydrogens is 236 g/mol. The molecule has 17 heavy (non-hydrogen) atoms. The van der Waals surface area contributed by atoms with E-state index >= 15 is 0 Å². The fourth-order valence-electron chi connectivity index (χ4n) is 1.60. The monoisotopic (exact) mass is 244 g/mol. The van der Waals surface area contributed by atoms with Gasteiger partial charge in [0.1, 0.15) is 4.83 Å². The van der Waals surface area contributed by atoms with E-state index in [1.54, 1.807) is 16.9 Å². The zero-order valence-corrected chi connectivity index (χ0v) is 9.52. The lowest BCUT2D eigenvalue weighted by molar-refractivity contribution is 0.100. The first kappa shape index (κ1) is 9.98. The summed E-state index contributed by atoms with van der Waals surface area (Å²) in [7, 11) is 0. The predicted octanol–water partition coefficient (Wildman–Crippen LogP) is 1.56. The Balaban J connectivity index is 2.18. The van der Waals surface area contributed by atoms with Crippen LogP contribution in [0, 0.1) is 0 Å². The number of nitrogens with two attached hydrogens (primary N) is 1. The number of pyridine rings is 1. The lowest BCUT2D eigenvalue weighted by atomic mass is 10.2. The maximum absolute atomic E-state index is 11.2. The molecule has 0 saturated heterocycles. The Morgan fingerprint density at radius 1 is 1.35 bits per heavy atom. The molecule has 3 rings (SSSR count). The Morgan fingerprint density at radius 2 is 2.12 bits per heavy atom. The molecule has 2 N–H and O–H groups in total. The summed E-state index contributed by atoms with van der Waals surface area (Å²) in [5.41, 5.74) is 6.78. The summed E-state index contributed by atoms with van der Waals surface area (Å²) in [5, 5.41) is 4.10. The third-order valence-corrected chi connectivity index (χ3v) is 3.59. The van der Waals surface area contributed by atoms with Crippen LogP contribution in [-0.2, 0) is 0 Å². The number of carbonyl (C=O) groups is 1. The summed E-state index contributed by atoms with van der Waals surface area (Å²) in [6.45, 7) is 0. The third kappa shape index (κ3) is 1.58. The van der Waals surface area contributed by atoms with Crippen LogP contribution in [0.15, 0.2) is 36.9 Å². The normalized spacial score (nSPS) is 10.8. The molecule has 0 unspecified atom stereocenters. The van der Waals surface area contributed by atoms with Gasteiger partial charge in [0.05, 0.1) is 16.6 Å². The van der Waals surface area contributed by atoms with Crippen molar-refractivity contribution in [1.82, 2.24) is 14.6 Å². The number of fused-ring (bicyclic) bond motifs is 1. The van der Waals surface area contributed by atoms with Gasteiger partial charge < -0.3 is 5.73 Å². The van der Waals surface area contributed by atoms with Gasteiger partial charge in [-0.15, -0.1) is 11.3 Å². The van der Waals surface area contributed by atoms with Gasteiger partial charge in [0.2, 0.25) is 0 Å². The van der Waals surface area contributed by atoms with Gasteiger partial charge >= 0.3 is 0 Å². The average Bonchev–Trinajstić information content (AvgIpc) is 2.88. The Kier molecular flexibility index (Phi) is 2.15. The fourth-order valence-corrected chi connectivity index (χ4v) is 2.68. The first-order valence-electron chi connectivity index (χ1n) is 4.93. The Morgan fingerprint density at radius 3 is 2.82 bits per heavy atom. The van der Waals surface area contributed by atoms with E-state index in [-0.39, 0.29) is 0 Å². The highest BCUT2D eigenvalue weighted by atomic mass is 32.1. The quantitative estimate of drug-likeness (QED) is 0.743. The van der Waals surface area contributed by atoms with Gasteiger partial charge in [-0.1, -0.05) is 0 Å². The Labute approximate surface area is 101 Å². The van der Waals surface area contributed by atoms with Crippen molar-refractivity contribution >= 4 is 22.1 Å². The molecule has 0 fully saturated rings. The molecular formula is C11H8N4OS.